The number of hydrogen-bond acceptors (Lipinski definition) is 6. The molecular weight excluding hydrogens is 588 g/mol. The summed E-state index contributed by atoms with van der Waals surface area (Å²) in [6.07, 6.45) is -3.49. The lowest BCUT2D eigenvalue weighted by molar-refractivity contribution is -0.274. The second kappa shape index (κ2) is 11.2. The van der Waals surface area contributed by atoms with Crippen LogP contribution in [-0.4, -0.2) is 44.0 Å². The molecule has 1 N–H and O–H groups in total. The molecule has 0 aliphatic carbocycles. The number of nitrogens with zero attached hydrogens (tertiary/aromatic N) is 5. The van der Waals surface area contributed by atoms with Crippen LogP contribution in [0.1, 0.15) is 0 Å². The fourth-order valence-electron chi connectivity index (χ4n) is 4.39. The number of anilines is 2. The molecule has 2 heterocycles. The molecule has 0 unspecified atom stereocenters. The van der Waals surface area contributed by atoms with Gasteiger partial charge in [-0.15, -0.1) is 18.3 Å². The predicted molar refractivity (Wildman–Crippen MR) is 154 cm³/mol. The summed E-state index contributed by atoms with van der Waals surface area (Å²) in [5.41, 5.74) is 1.13. The Hall–Kier alpha value is -5.24. The quantitative estimate of drug-likeness (QED) is 0.221. The molecule has 1 fully saturated rings. The Balaban J connectivity index is 1.17. The van der Waals surface area contributed by atoms with Crippen LogP contribution in [0.2, 0.25) is 0 Å². The molecule has 9 nitrogen and oxygen atoms in total. The van der Waals surface area contributed by atoms with Crippen molar-refractivity contribution in [3.63, 3.8) is 0 Å². The molecule has 5 aromatic rings. The topological polar surface area (TPSA) is 102 Å². The Morgan fingerprint density at radius 2 is 1.77 bits per heavy atom. The molecule has 4 aromatic carbocycles. The van der Waals surface area contributed by atoms with Gasteiger partial charge in [0.1, 0.15) is 17.9 Å². The Labute approximate surface area is 244 Å². The van der Waals surface area contributed by atoms with Gasteiger partial charge < -0.3 is 10.1 Å². The fourth-order valence-corrected chi connectivity index (χ4v) is 5.25. The number of alkyl halides is 3. The number of carbonyl (C=O) groups excluding carboxylic acids is 2. The van der Waals surface area contributed by atoms with Crippen molar-refractivity contribution in [3.8, 4) is 22.8 Å². The number of nitrogens with one attached hydrogen (secondary N) is 1. The highest BCUT2D eigenvalue weighted by Gasteiger charge is 2.32. The average Bonchev–Trinajstić information content (AvgIpc) is 3.60. The van der Waals surface area contributed by atoms with E-state index in [1.807, 2.05) is 36.4 Å². The van der Waals surface area contributed by atoms with Gasteiger partial charge in [0.05, 0.1) is 22.8 Å². The van der Waals surface area contributed by atoms with Crippen LogP contribution in [0.25, 0.3) is 27.8 Å². The molecule has 0 spiro atoms. The lowest BCUT2D eigenvalue weighted by Gasteiger charge is -2.18. The molecule has 6 rings (SSSR count). The summed E-state index contributed by atoms with van der Waals surface area (Å²) in [6.45, 7) is 0. The van der Waals surface area contributed by atoms with Crippen LogP contribution in [0.3, 0.4) is 0 Å². The first kappa shape index (κ1) is 27.9. The van der Waals surface area contributed by atoms with Gasteiger partial charge in [0.25, 0.3) is 0 Å². The van der Waals surface area contributed by atoms with Crippen molar-refractivity contribution in [1.82, 2.24) is 14.8 Å². The number of thioether (sulfide) groups is 1. The minimum atomic E-state index is -4.81. The summed E-state index contributed by atoms with van der Waals surface area (Å²) in [6, 6.07) is 21.1. The van der Waals surface area contributed by atoms with Crippen molar-refractivity contribution in [2.75, 3.05) is 16.0 Å². The zero-order valence-electron chi connectivity index (χ0n) is 21.7. The van der Waals surface area contributed by atoms with Crippen molar-refractivity contribution in [1.29, 1.82) is 0 Å². The van der Waals surface area contributed by atoms with Crippen molar-refractivity contribution in [2.45, 2.75) is 6.36 Å². The standard InChI is InChI=1S/C29H18F4N6O3S/c30-22-14-18(26-34-16-38(37-26)19-9-11-20(12-10-19)42-29(31,32)33)8-13-23(22)35-27(41)36-28-39(25(40)15-43-28)24-7-3-5-17-4-1-2-6-21(17)24/h1-14,16H,15H2,(H,35,41)/b36-28-. The van der Waals surface area contributed by atoms with Crippen LogP contribution in [0, 0.1) is 5.82 Å². The minimum absolute atomic E-state index is 0.101. The highest BCUT2D eigenvalue weighted by atomic mass is 32.2. The highest BCUT2D eigenvalue weighted by molar-refractivity contribution is 8.15. The van der Waals surface area contributed by atoms with Gasteiger partial charge in [-0.25, -0.2) is 18.9 Å². The average molecular weight is 607 g/mol. The van der Waals surface area contributed by atoms with Crippen LogP contribution >= 0.6 is 11.8 Å². The summed E-state index contributed by atoms with van der Waals surface area (Å²) < 4.78 is 57.3. The number of amidine groups is 1. The maximum atomic E-state index is 15.0. The van der Waals surface area contributed by atoms with Gasteiger partial charge in [0, 0.05) is 10.9 Å². The third-order valence-corrected chi connectivity index (χ3v) is 7.19. The van der Waals surface area contributed by atoms with E-state index in [9.17, 15) is 27.2 Å². The highest BCUT2D eigenvalue weighted by Crippen LogP contribution is 2.33. The maximum absolute atomic E-state index is 15.0. The largest absolute Gasteiger partial charge is 0.573 e. The number of aromatic nitrogens is 3. The number of amides is 3. The van der Waals surface area contributed by atoms with E-state index in [4.69, 9.17) is 0 Å². The summed E-state index contributed by atoms with van der Waals surface area (Å²) in [5.74, 6) is -1.16. The first-order chi connectivity index (χ1) is 20.6. The Morgan fingerprint density at radius 3 is 2.53 bits per heavy atom. The van der Waals surface area contributed by atoms with E-state index in [0.717, 1.165) is 40.7 Å². The van der Waals surface area contributed by atoms with Gasteiger partial charge in [-0.1, -0.05) is 48.2 Å². The summed E-state index contributed by atoms with van der Waals surface area (Å²) in [4.78, 5) is 35.0. The molecule has 1 aliphatic rings. The Bertz CT molecular complexity index is 1890. The smallest absolute Gasteiger partial charge is 0.406 e. The van der Waals surface area contributed by atoms with Gasteiger partial charge in [-0.05, 0) is 53.9 Å². The van der Waals surface area contributed by atoms with Crippen LogP contribution in [0.4, 0.5) is 33.7 Å². The number of fused-ring (bicyclic) bond motifs is 1. The molecule has 0 radical (unpaired) electrons. The number of carbonyl (C=O) groups is 2. The number of aliphatic imine (C=N–C) groups is 1. The zero-order valence-corrected chi connectivity index (χ0v) is 22.6. The van der Waals surface area contributed by atoms with E-state index in [1.54, 1.807) is 6.07 Å². The third-order valence-electron chi connectivity index (χ3n) is 6.27. The van der Waals surface area contributed by atoms with Crippen molar-refractivity contribution in [3.05, 3.63) is 97.1 Å². The molecule has 0 atom stereocenters. The van der Waals surface area contributed by atoms with Crippen LogP contribution in [0.5, 0.6) is 5.75 Å². The van der Waals surface area contributed by atoms with Gasteiger partial charge in [-0.2, -0.15) is 4.99 Å². The van der Waals surface area contributed by atoms with E-state index in [1.165, 1.54) is 40.2 Å². The number of urea groups is 1. The first-order valence-corrected chi connectivity index (χ1v) is 13.5. The Morgan fingerprint density at radius 1 is 1.00 bits per heavy atom. The molecule has 14 heteroatoms. The third kappa shape index (κ3) is 6.04. The molecule has 1 saturated heterocycles. The molecule has 3 amide bonds. The summed E-state index contributed by atoms with van der Waals surface area (Å²) in [5, 5.41) is 8.56. The summed E-state index contributed by atoms with van der Waals surface area (Å²) >= 11 is 1.10. The number of benzene rings is 4. The zero-order chi connectivity index (χ0) is 30.1. The monoisotopic (exact) mass is 606 g/mol. The lowest BCUT2D eigenvalue weighted by Crippen LogP contribution is -2.30. The SMILES string of the molecule is O=C(/N=C1\SCC(=O)N1c1cccc2ccccc12)Nc1ccc(-c2ncn(-c3ccc(OC(F)(F)F)cc3)n2)cc1F. The van der Waals surface area contributed by atoms with E-state index in [0.29, 0.717) is 11.4 Å². The minimum Gasteiger partial charge on any atom is -0.406 e. The Kier molecular flexibility index (Phi) is 7.27. The predicted octanol–water partition coefficient (Wildman–Crippen LogP) is 6.79. The van der Waals surface area contributed by atoms with Crippen LogP contribution in [-0.2, 0) is 4.79 Å². The van der Waals surface area contributed by atoms with E-state index >= 15 is 0 Å². The van der Waals surface area contributed by atoms with Crippen LogP contribution in [0.15, 0.2) is 96.2 Å². The van der Waals surface area contributed by atoms with Crippen LogP contribution < -0.4 is 15.0 Å². The van der Waals surface area contributed by atoms with Gasteiger partial charge in [0.15, 0.2) is 11.0 Å². The summed E-state index contributed by atoms with van der Waals surface area (Å²) in [7, 11) is 0. The number of ether oxygens (including phenoxy) is 1. The number of rotatable bonds is 5. The van der Waals surface area contributed by atoms with Gasteiger partial charge in [0.2, 0.25) is 5.91 Å². The number of halogens is 4. The van der Waals surface area contributed by atoms with Crippen molar-refractivity contribution >= 4 is 51.0 Å². The molecule has 43 heavy (non-hydrogen) atoms. The molecule has 216 valence electrons. The normalized spacial score (nSPS) is 14.5. The maximum Gasteiger partial charge on any atom is 0.573 e. The lowest BCUT2D eigenvalue weighted by atomic mass is 10.1. The van der Waals surface area contributed by atoms with E-state index < -0.39 is 18.2 Å². The molecule has 1 aliphatic heterocycles. The second-order valence-corrected chi connectivity index (χ2v) is 10.0. The molecular formula is C29H18F4N6O3S. The first-order valence-electron chi connectivity index (χ1n) is 12.6. The van der Waals surface area contributed by atoms with Gasteiger partial charge in [-0.3, -0.25) is 9.69 Å². The second-order valence-electron chi connectivity index (χ2n) is 9.09. The molecule has 0 bridgehead atoms. The van der Waals surface area contributed by atoms with Crippen molar-refractivity contribution in [2.24, 2.45) is 4.99 Å². The molecule has 0 saturated carbocycles. The van der Waals surface area contributed by atoms with E-state index in [2.05, 4.69) is 25.1 Å². The number of hydrogen-bond donors (Lipinski definition) is 1. The fraction of sp³-hybridized carbons (Fsp3) is 0.0690. The van der Waals surface area contributed by atoms with Gasteiger partial charge >= 0.3 is 12.4 Å². The van der Waals surface area contributed by atoms with E-state index in [-0.39, 0.29) is 39.7 Å². The molecule has 1 aromatic heterocycles. The van der Waals surface area contributed by atoms with Crippen molar-refractivity contribution < 1.29 is 31.9 Å².